The van der Waals surface area contributed by atoms with Crippen LogP contribution in [0.15, 0.2) is 67.3 Å². The van der Waals surface area contributed by atoms with E-state index in [0.29, 0.717) is 41.5 Å². The van der Waals surface area contributed by atoms with E-state index in [0.717, 1.165) is 33.2 Å². The highest BCUT2D eigenvalue weighted by molar-refractivity contribution is 5.96. The average molecular weight is 527 g/mol. The quantitative estimate of drug-likeness (QED) is 0.303. The van der Waals surface area contributed by atoms with Gasteiger partial charge in [0.15, 0.2) is 11.5 Å². The van der Waals surface area contributed by atoms with Crippen molar-refractivity contribution in [2.45, 2.75) is 18.9 Å². The number of fused-ring (bicyclic) bond motifs is 2. The molecular weight excluding hydrogens is 505 g/mol. The summed E-state index contributed by atoms with van der Waals surface area (Å²) in [4.78, 5) is 23.0. The number of rotatable bonds is 5. The summed E-state index contributed by atoms with van der Waals surface area (Å²) in [5.41, 5.74) is 6.53. The number of hydrogen-bond acceptors (Lipinski definition) is 6. The van der Waals surface area contributed by atoms with Gasteiger partial charge < -0.3 is 4.98 Å². The van der Waals surface area contributed by atoms with E-state index in [1.807, 2.05) is 18.2 Å². The molecule has 0 amide bonds. The number of aromatic amines is 2. The van der Waals surface area contributed by atoms with Crippen LogP contribution in [-0.4, -0.2) is 59.0 Å². The molecule has 5 aromatic heterocycles. The van der Waals surface area contributed by atoms with Crippen molar-refractivity contribution in [3.05, 3.63) is 78.6 Å². The van der Waals surface area contributed by atoms with E-state index < -0.39 is 5.92 Å². The first kappa shape index (κ1) is 23.5. The highest BCUT2D eigenvalue weighted by Crippen LogP contribution is 2.32. The number of benzene rings is 1. The summed E-state index contributed by atoms with van der Waals surface area (Å²) in [5.74, 6) is -2.42. The number of pyridine rings is 3. The van der Waals surface area contributed by atoms with Crippen LogP contribution in [0.1, 0.15) is 12.0 Å². The van der Waals surface area contributed by atoms with Gasteiger partial charge in [-0.1, -0.05) is 12.1 Å². The third kappa shape index (κ3) is 4.40. The van der Waals surface area contributed by atoms with Gasteiger partial charge in [0.05, 0.1) is 29.5 Å². The monoisotopic (exact) mass is 526 g/mol. The van der Waals surface area contributed by atoms with Gasteiger partial charge in [-0.25, -0.2) is 23.1 Å². The number of halogens is 3. The Balaban J connectivity index is 1.24. The van der Waals surface area contributed by atoms with Crippen molar-refractivity contribution in [2.24, 2.45) is 0 Å². The molecule has 1 aromatic carbocycles. The number of alkyl halides is 2. The SMILES string of the molecule is Fc1ccc(-c2ccnc3nc(-c4n[nH]c5cnc(-c6cncc(CN7CCC(F)(F)C7)c6)cc45)[nH]c23)cc1. The Morgan fingerprint density at radius 1 is 0.974 bits per heavy atom. The molecule has 2 N–H and O–H groups in total. The van der Waals surface area contributed by atoms with Crippen LogP contribution in [0, 0.1) is 5.82 Å². The Hall–Kier alpha value is -4.64. The van der Waals surface area contributed by atoms with E-state index in [1.54, 1.807) is 41.8 Å². The van der Waals surface area contributed by atoms with Crippen LogP contribution in [0.4, 0.5) is 13.2 Å². The predicted molar refractivity (Wildman–Crippen MR) is 140 cm³/mol. The maximum atomic E-state index is 13.6. The molecular formula is C28H21F3N8. The molecule has 0 aliphatic carbocycles. The van der Waals surface area contributed by atoms with E-state index in [1.165, 1.54) is 12.1 Å². The second-order valence-corrected chi connectivity index (χ2v) is 9.74. The molecule has 0 unspecified atom stereocenters. The zero-order valence-corrected chi connectivity index (χ0v) is 20.5. The maximum Gasteiger partial charge on any atom is 0.261 e. The van der Waals surface area contributed by atoms with Crippen molar-refractivity contribution in [1.29, 1.82) is 0 Å². The minimum atomic E-state index is -2.64. The minimum absolute atomic E-state index is 0.121. The summed E-state index contributed by atoms with van der Waals surface area (Å²) < 4.78 is 40.7. The van der Waals surface area contributed by atoms with E-state index in [4.69, 9.17) is 0 Å². The number of nitrogens with zero attached hydrogens (tertiary/aromatic N) is 6. The lowest BCUT2D eigenvalue weighted by molar-refractivity contribution is 0.0115. The van der Waals surface area contributed by atoms with Crippen molar-refractivity contribution >= 4 is 22.1 Å². The molecule has 1 saturated heterocycles. The van der Waals surface area contributed by atoms with Crippen LogP contribution in [-0.2, 0) is 6.54 Å². The summed E-state index contributed by atoms with van der Waals surface area (Å²) >= 11 is 0. The Morgan fingerprint density at radius 3 is 2.67 bits per heavy atom. The van der Waals surface area contributed by atoms with Gasteiger partial charge in [-0.2, -0.15) is 5.10 Å². The molecule has 11 heteroatoms. The van der Waals surface area contributed by atoms with Crippen LogP contribution in [0.2, 0.25) is 0 Å². The van der Waals surface area contributed by atoms with Gasteiger partial charge in [-0.3, -0.25) is 20.0 Å². The Bertz CT molecular complexity index is 1830. The first-order valence-corrected chi connectivity index (χ1v) is 12.4. The van der Waals surface area contributed by atoms with Crippen LogP contribution >= 0.6 is 0 Å². The molecule has 194 valence electrons. The summed E-state index contributed by atoms with van der Waals surface area (Å²) in [7, 11) is 0. The normalized spacial score (nSPS) is 15.5. The van der Waals surface area contributed by atoms with Crippen LogP contribution in [0.3, 0.4) is 0 Å². The number of likely N-dealkylation sites (tertiary alicyclic amines) is 1. The molecule has 39 heavy (non-hydrogen) atoms. The fraction of sp³-hybridized carbons (Fsp3) is 0.179. The van der Waals surface area contributed by atoms with E-state index >= 15 is 0 Å². The van der Waals surface area contributed by atoms with E-state index in [-0.39, 0.29) is 18.8 Å². The largest absolute Gasteiger partial charge is 0.335 e. The predicted octanol–water partition coefficient (Wildman–Crippen LogP) is 5.61. The lowest BCUT2D eigenvalue weighted by atomic mass is 10.1. The first-order chi connectivity index (χ1) is 18.9. The molecule has 6 heterocycles. The standard InChI is InChI=1S/C28H21F3N8/c29-19-3-1-17(2-4-19)20-5-7-33-26-24(20)35-27(36-26)25-21-10-22(34-13-23(21)37-38-25)18-9-16(11-32-12-18)14-39-8-6-28(30,31)15-39/h1-5,7,9-13H,6,8,14-15H2,(H,37,38)(H,33,35,36). The second-order valence-electron chi connectivity index (χ2n) is 9.74. The van der Waals surface area contributed by atoms with E-state index in [2.05, 4.69) is 35.1 Å². The zero-order valence-electron chi connectivity index (χ0n) is 20.5. The van der Waals surface area contributed by atoms with Gasteiger partial charge in [0, 0.05) is 54.6 Å². The van der Waals surface area contributed by atoms with Crippen LogP contribution < -0.4 is 0 Å². The van der Waals surface area contributed by atoms with Crippen molar-refractivity contribution in [3.8, 4) is 33.9 Å². The van der Waals surface area contributed by atoms with Gasteiger partial charge in [0.2, 0.25) is 0 Å². The molecule has 1 aliphatic rings. The number of imidazole rings is 1. The van der Waals surface area contributed by atoms with E-state index in [9.17, 15) is 13.2 Å². The third-order valence-corrected chi connectivity index (χ3v) is 6.96. The van der Waals surface area contributed by atoms with Crippen molar-refractivity contribution in [1.82, 2.24) is 40.0 Å². The van der Waals surface area contributed by atoms with Gasteiger partial charge in [-0.15, -0.1) is 0 Å². The molecule has 0 saturated carbocycles. The van der Waals surface area contributed by atoms with Crippen LogP contribution in [0.25, 0.3) is 56.0 Å². The maximum absolute atomic E-state index is 13.6. The Morgan fingerprint density at radius 2 is 1.85 bits per heavy atom. The first-order valence-electron chi connectivity index (χ1n) is 12.4. The third-order valence-electron chi connectivity index (χ3n) is 6.96. The number of hydrogen-bond donors (Lipinski definition) is 2. The summed E-state index contributed by atoms with van der Waals surface area (Å²) in [6, 6.07) is 11.9. The number of aromatic nitrogens is 7. The molecule has 1 aliphatic heterocycles. The summed E-state index contributed by atoms with van der Waals surface area (Å²) in [5, 5.41) is 8.28. The van der Waals surface area contributed by atoms with Gasteiger partial charge >= 0.3 is 0 Å². The Labute approximate surface area is 220 Å². The van der Waals surface area contributed by atoms with Gasteiger partial charge in [0.25, 0.3) is 5.92 Å². The van der Waals surface area contributed by atoms with Gasteiger partial charge in [0.1, 0.15) is 11.5 Å². The minimum Gasteiger partial charge on any atom is -0.335 e. The topological polar surface area (TPSA) is 99.3 Å². The summed E-state index contributed by atoms with van der Waals surface area (Å²) in [6.45, 7) is 0.516. The van der Waals surface area contributed by atoms with Crippen molar-refractivity contribution < 1.29 is 13.2 Å². The van der Waals surface area contributed by atoms with Gasteiger partial charge in [-0.05, 0) is 41.5 Å². The second kappa shape index (κ2) is 8.98. The highest BCUT2D eigenvalue weighted by Gasteiger charge is 2.37. The molecule has 0 bridgehead atoms. The number of nitrogens with one attached hydrogen (secondary N) is 2. The van der Waals surface area contributed by atoms with Crippen molar-refractivity contribution in [3.63, 3.8) is 0 Å². The number of H-pyrrole nitrogens is 2. The summed E-state index contributed by atoms with van der Waals surface area (Å²) in [6.07, 6.45) is 6.64. The average Bonchev–Trinajstić information content (AvgIpc) is 3.64. The molecule has 7 rings (SSSR count). The lowest BCUT2D eigenvalue weighted by Gasteiger charge is -2.15. The zero-order chi connectivity index (χ0) is 26.6. The molecule has 1 fully saturated rings. The van der Waals surface area contributed by atoms with Crippen LogP contribution in [0.5, 0.6) is 0 Å². The lowest BCUT2D eigenvalue weighted by Crippen LogP contribution is -2.24. The molecule has 0 atom stereocenters. The fourth-order valence-corrected chi connectivity index (χ4v) is 5.06. The van der Waals surface area contributed by atoms with Crippen molar-refractivity contribution in [2.75, 3.05) is 13.1 Å². The highest BCUT2D eigenvalue weighted by atomic mass is 19.3. The molecule has 6 aromatic rings. The Kier molecular flexibility index (Phi) is 5.41. The molecule has 0 spiro atoms. The fourth-order valence-electron chi connectivity index (χ4n) is 5.06. The molecule has 8 nitrogen and oxygen atoms in total. The smallest absolute Gasteiger partial charge is 0.261 e. The molecule has 0 radical (unpaired) electrons.